The Morgan fingerprint density at radius 3 is 2.39 bits per heavy atom. The molecule has 142 valence electrons. The quantitative estimate of drug-likeness (QED) is 0.518. The number of hydrogen-bond acceptors (Lipinski definition) is 4. The van der Waals surface area contributed by atoms with Gasteiger partial charge in [0.05, 0.1) is 16.2 Å². The van der Waals surface area contributed by atoms with Gasteiger partial charge in [-0.2, -0.15) is 0 Å². The van der Waals surface area contributed by atoms with Crippen LogP contribution in [0.3, 0.4) is 0 Å². The van der Waals surface area contributed by atoms with Crippen LogP contribution in [0.2, 0.25) is 5.02 Å². The molecule has 0 aliphatic carbocycles. The second kappa shape index (κ2) is 6.89. The fourth-order valence-electron chi connectivity index (χ4n) is 3.33. The van der Waals surface area contributed by atoms with Crippen LogP contribution in [-0.4, -0.2) is 11.3 Å². The number of rotatable bonds is 3. The molecule has 4 rings (SSSR count). The molecule has 7 heteroatoms. The van der Waals surface area contributed by atoms with Crippen LogP contribution in [0.5, 0.6) is 5.75 Å². The van der Waals surface area contributed by atoms with E-state index in [1.165, 1.54) is 18.2 Å². The molecule has 0 saturated heterocycles. The van der Waals surface area contributed by atoms with E-state index in [2.05, 4.69) is 10.3 Å². The molecule has 1 heterocycles. The summed E-state index contributed by atoms with van der Waals surface area (Å²) in [4.78, 5) is 4.39. The molecule has 0 aromatic heterocycles. The van der Waals surface area contributed by atoms with Gasteiger partial charge in [-0.3, -0.25) is 4.99 Å². The number of hydrogen-bond donors (Lipinski definition) is 3. The second-order valence-electron chi connectivity index (χ2n) is 6.67. The zero-order valence-electron chi connectivity index (χ0n) is 14.6. The number of nitrogens with zero attached hydrogens (tertiary/aromatic N) is 1. The smallest absolute Gasteiger partial charge is 0.134 e. The summed E-state index contributed by atoms with van der Waals surface area (Å²) in [5.74, 6) is -1.35. The molecule has 1 aliphatic rings. The summed E-state index contributed by atoms with van der Waals surface area (Å²) in [6.45, 7) is 0. The van der Waals surface area contributed by atoms with E-state index in [-0.39, 0.29) is 10.8 Å². The van der Waals surface area contributed by atoms with Gasteiger partial charge in [-0.25, -0.2) is 8.78 Å². The predicted octanol–water partition coefficient (Wildman–Crippen LogP) is 5.38. The molecule has 0 amide bonds. The third-order valence-corrected chi connectivity index (χ3v) is 5.04. The van der Waals surface area contributed by atoms with Crippen molar-refractivity contribution in [3.05, 3.63) is 82.4 Å². The average Bonchev–Trinajstić information content (AvgIpc) is 2.64. The van der Waals surface area contributed by atoms with E-state index in [1.807, 2.05) is 0 Å². The normalized spacial score (nSPS) is 18.0. The number of aliphatic imine (C=N–C) groups is 1. The fourth-order valence-corrected chi connectivity index (χ4v) is 3.51. The van der Waals surface area contributed by atoms with Crippen molar-refractivity contribution in [3.63, 3.8) is 0 Å². The van der Waals surface area contributed by atoms with Crippen LogP contribution in [0.15, 0.2) is 59.6 Å². The number of phenols is 1. The van der Waals surface area contributed by atoms with Crippen molar-refractivity contribution in [2.75, 3.05) is 5.32 Å². The monoisotopic (exact) mass is 399 g/mol. The Bertz CT molecular complexity index is 1080. The molecule has 0 bridgehead atoms. The summed E-state index contributed by atoms with van der Waals surface area (Å²) in [5.41, 5.74) is 8.54. The van der Waals surface area contributed by atoms with Crippen molar-refractivity contribution < 1.29 is 13.9 Å². The molecular weight excluding hydrogens is 384 g/mol. The third-order valence-electron chi connectivity index (χ3n) is 4.74. The second-order valence-corrected chi connectivity index (χ2v) is 7.08. The van der Waals surface area contributed by atoms with Crippen molar-refractivity contribution in [3.8, 4) is 5.75 Å². The molecule has 0 fully saturated rings. The average molecular weight is 400 g/mol. The van der Waals surface area contributed by atoms with E-state index >= 15 is 0 Å². The van der Waals surface area contributed by atoms with E-state index in [0.717, 1.165) is 11.8 Å². The molecule has 4 N–H and O–H groups in total. The molecule has 0 radical (unpaired) electrons. The standard InChI is InChI=1S/C21H16ClF2N3O/c22-18-10-15(2-4-20(18)28)27-16-1-3-17-19(11-16)26-6-5-21(17,25)12-7-13(23)9-14(24)8-12/h1-4,6-11,27-28H,5,25H2. The lowest BCUT2D eigenvalue weighted by Gasteiger charge is -2.33. The zero-order chi connectivity index (χ0) is 19.9. The van der Waals surface area contributed by atoms with Gasteiger partial charge >= 0.3 is 0 Å². The predicted molar refractivity (Wildman–Crippen MR) is 107 cm³/mol. The Morgan fingerprint density at radius 2 is 1.68 bits per heavy atom. The van der Waals surface area contributed by atoms with Crippen LogP contribution in [0.25, 0.3) is 0 Å². The molecule has 0 saturated carbocycles. The number of phenolic OH excluding ortho intramolecular Hbond substituents is 1. The lowest BCUT2D eigenvalue weighted by atomic mass is 9.79. The summed E-state index contributed by atoms with van der Waals surface area (Å²) < 4.78 is 27.5. The van der Waals surface area contributed by atoms with Crippen LogP contribution < -0.4 is 11.1 Å². The van der Waals surface area contributed by atoms with Crippen LogP contribution in [0.4, 0.5) is 25.8 Å². The summed E-state index contributed by atoms with van der Waals surface area (Å²) in [5, 5.41) is 12.9. The van der Waals surface area contributed by atoms with Gasteiger partial charge in [0.25, 0.3) is 0 Å². The van der Waals surface area contributed by atoms with Crippen molar-refractivity contribution in [2.24, 2.45) is 10.7 Å². The first-order chi connectivity index (χ1) is 13.3. The van der Waals surface area contributed by atoms with Crippen molar-refractivity contribution in [2.45, 2.75) is 12.0 Å². The molecule has 1 unspecified atom stereocenters. The van der Waals surface area contributed by atoms with Gasteiger partial charge in [-0.1, -0.05) is 17.7 Å². The number of benzene rings is 3. The molecule has 3 aromatic carbocycles. The lowest BCUT2D eigenvalue weighted by molar-refractivity contribution is 0.475. The molecule has 3 aromatic rings. The Hall–Kier alpha value is -2.96. The SMILES string of the molecule is NC1(c2cc(F)cc(F)c2)CC=Nc2cc(Nc3ccc(O)c(Cl)c3)ccc21. The van der Waals surface area contributed by atoms with Gasteiger partial charge < -0.3 is 16.2 Å². The maximum atomic E-state index is 13.7. The summed E-state index contributed by atoms with van der Waals surface area (Å²) in [7, 11) is 0. The number of fused-ring (bicyclic) bond motifs is 1. The van der Waals surface area contributed by atoms with Gasteiger partial charge in [-0.15, -0.1) is 0 Å². The minimum Gasteiger partial charge on any atom is -0.506 e. The Morgan fingerprint density at radius 1 is 1.00 bits per heavy atom. The van der Waals surface area contributed by atoms with Crippen LogP contribution in [-0.2, 0) is 5.54 Å². The van der Waals surface area contributed by atoms with Crippen LogP contribution in [0, 0.1) is 11.6 Å². The molecule has 4 nitrogen and oxygen atoms in total. The summed E-state index contributed by atoms with van der Waals surface area (Å²) >= 11 is 5.93. The maximum absolute atomic E-state index is 13.7. The van der Waals surface area contributed by atoms with Gasteiger partial charge in [-0.05, 0) is 48.0 Å². The minimum atomic E-state index is -1.08. The fraction of sp³-hybridized carbons (Fsp3) is 0.0952. The van der Waals surface area contributed by atoms with E-state index in [0.29, 0.717) is 28.9 Å². The molecule has 28 heavy (non-hydrogen) atoms. The van der Waals surface area contributed by atoms with Crippen molar-refractivity contribution in [1.82, 2.24) is 0 Å². The zero-order valence-corrected chi connectivity index (χ0v) is 15.3. The van der Waals surface area contributed by atoms with E-state index in [4.69, 9.17) is 17.3 Å². The van der Waals surface area contributed by atoms with Gasteiger partial charge in [0.2, 0.25) is 0 Å². The van der Waals surface area contributed by atoms with Gasteiger partial charge in [0.15, 0.2) is 0 Å². The molecular formula is C21H16ClF2N3O. The number of nitrogens with one attached hydrogen (secondary N) is 1. The lowest BCUT2D eigenvalue weighted by Crippen LogP contribution is -2.40. The van der Waals surface area contributed by atoms with E-state index < -0.39 is 17.2 Å². The number of aromatic hydroxyl groups is 1. The highest BCUT2D eigenvalue weighted by molar-refractivity contribution is 6.32. The first kappa shape index (κ1) is 18.4. The first-order valence-electron chi connectivity index (χ1n) is 8.53. The first-order valence-corrected chi connectivity index (χ1v) is 8.91. The maximum Gasteiger partial charge on any atom is 0.134 e. The molecule has 1 aliphatic heterocycles. The third kappa shape index (κ3) is 3.32. The highest BCUT2D eigenvalue weighted by Gasteiger charge is 2.34. The number of anilines is 2. The van der Waals surface area contributed by atoms with Crippen molar-refractivity contribution >= 4 is 34.9 Å². The molecule has 0 spiro atoms. The van der Waals surface area contributed by atoms with Crippen LogP contribution >= 0.6 is 11.6 Å². The van der Waals surface area contributed by atoms with E-state index in [1.54, 1.807) is 36.5 Å². The largest absolute Gasteiger partial charge is 0.506 e. The van der Waals surface area contributed by atoms with E-state index in [9.17, 15) is 13.9 Å². The highest BCUT2D eigenvalue weighted by Crippen LogP contribution is 2.41. The van der Waals surface area contributed by atoms with Crippen molar-refractivity contribution in [1.29, 1.82) is 0 Å². The highest BCUT2D eigenvalue weighted by atomic mass is 35.5. The topological polar surface area (TPSA) is 70.6 Å². The summed E-state index contributed by atoms with van der Waals surface area (Å²) in [6.07, 6.45) is 1.97. The van der Waals surface area contributed by atoms with Gasteiger partial charge in [0, 0.05) is 35.6 Å². The Labute approximate surface area is 165 Å². The van der Waals surface area contributed by atoms with Crippen LogP contribution in [0.1, 0.15) is 17.5 Å². The summed E-state index contributed by atoms with van der Waals surface area (Å²) in [6, 6.07) is 13.5. The Balaban J connectivity index is 1.71. The number of nitrogens with two attached hydrogens (primary N) is 1. The number of halogens is 3. The molecule has 1 atom stereocenters. The van der Waals surface area contributed by atoms with Gasteiger partial charge in [0.1, 0.15) is 17.4 Å². The minimum absolute atomic E-state index is 0.00232. The Kier molecular flexibility index (Phi) is 4.53.